The Bertz CT molecular complexity index is 914. The summed E-state index contributed by atoms with van der Waals surface area (Å²) < 4.78 is 1.69. The van der Waals surface area contributed by atoms with E-state index in [0.29, 0.717) is 24.8 Å². The van der Waals surface area contributed by atoms with Gasteiger partial charge in [0, 0.05) is 37.2 Å². The van der Waals surface area contributed by atoms with Gasteiger partial charge in [0.15, 0.2) is 5.82 Å². The minimum absolute atomic E-state index is 0.0436. The second kappa shape index (κ2) is 7.19. The zero-order valence-corrected chi connectivity index (χ0v) is 15.4. The maximum absolute atomic E-state index is 12.5. The number of carbonyl (C=O) groups excluding carboxylic acids is 1. The van der Waals surface area contributed by atoms with Crippen LogP contribution in [-0.2, 0) is 4.79 Å². The number of aromatic nitrogens is 4. The molecule has 7 nitrogen and oxygen atoms in total. The number of nitrogens with zero attached hydrogens (tertiary/aromatic N) is 5. The van der Waals surface area contributed by atoms with Gasteiger partial charge in [0.25, 0.3) is 0 Å². The Hall–Kier alpha value is -3.22. The van der Waals surface area contributed by atoms with Crippen molar-refractivity contribution in [3.8, 4) is 5.82 Å². The first-order valence-electron chi connectivity index (χ1n) is 9.08. The zero-order chi connectivity index (χ0) is 18.8. The van der Waals surface area contributed by atoms with E-state index in [1.165, 1.54) is 11.9 Å². The summed E-state index contributed by atoms with van der Waals surface area (Å²) in [6.07, 6.45) is 5.07. The molecule has 138 valence electrons. The highest BCUT2D eigenvalue weighted by molar-refractivity contribution is 5.94. The molecule has 0 bridgehead atoms. The standard InChI is InChI=1S/C20H22N6O/c1-14(2)15-4-6-17(7-5-15)24-20(27)16-11-25(12-16)18-10-19(22-13-21-18)26-9-3-8-23-26/h3-10,13-14,16H,11-12H2,1-2H3,(H,24,27). The van der Waals surface area contributed by atoms with E-state index < -0.39 is 0 Å². The van der Waals surface area contributed by atoms with Crippen LogP contribution in [-0.4, -0.2) is 38.7 Å². The lowest BCUT2D eigenvalue weighted by Gasteiger charge is -2.39. The van der Waals surface area contributed by atoms with E-state index in [1.54, 1.807) is 10.9 Å². The number of hydrogen-bond acceptors (Lipinski definition) is 5. The molecular weight excluding hydrogens is 340 g/mol. The number of amides is 1. The van der Waals surface area contributed by atoms with Crippen LogP contribution in [0.15, 0.2) is 55.1 Å². The quantitative estimate of drug-likeness (QED) is 0.755. The van der Waals surface area contributed by atoms with Gasteiger partial charge in [-0.05, 0) is 29.7 Å². The summed E-state index contributed by atoms with van der Waals surface area (Å²) in [6, 6.07) is 11.8. The number of hydrogen-bond donors (Lipinski definition) is 1. The highest BCUT2D eigenvalue weighted by Crippen LogP contribution is 2.25. The third-order valence-electron chi connectivity index (χ3n) is 4.80. The summed E-state index contributed by atoms with van der Waals surface area (Å²) in [7, 11) is 0. The molecule has 1 aliphatic rings. The summed E-state index contributed by atoms with van der Waals surface area (Å²) in [5, 5.41) is 7.18. The smallest absolute Gasteiger partial charge is 0.231 e. The van der Waals surface area contributed by atoms with Crippen LogP contribution in [0.3, 0.4) is 0 Å². The predicted molar refractivity (Wildman–Crippen MR) is 104 cm³/mol. The molecule has 7 heteroatoms. The maximum Gasteiger partial charge on any atom is 0.231 e. The molecule has 1 aliphatic heterocycles. The van der Waals surface area contributed by atoms with Crippen molar-refractivity contribution in [1.82, 2.24) is 19.7 Å². The predicted octanol–water partition coefficient (Wildman–Crippen LogP) is 2.86. The van der Waals surface area contributed by atoms with Gasteiger partial charge in [-0.25, -0.2) is 14.6 Å². The molecule has 1 fully saturated rings. The fourth-order valence-electron chi connectivity index (χ4n) is 3.07. The van der Waals surface area contributed by atoms with Gasteiger partial charge in [-0.15, -0.1) is 0 Å². The Labute approximate surface area is 158 Å². The van der Waals surface area contributed by atoms with Crippen LogP contribution in [0.1, 0.15) is 25.3 Å². The molecule has 27 heavy (non-hydrogen) atoms. The summed E-state index contributed by atoms with van der Waals surface area (Å²) in [5.41, 5.74) is 2.10. The van der Waals surface area contributed by atoms with Crippen LogP contribution in [0.4, 0.5) is 11.5 Å². The molecule has 0 spiro atoms. The van der Waals surface area contributed by atoms with Crippen LogP contribution in [0, 0.1) is 5.92 Å². The molecule has 0 atom stereocenters. The van der Waals surface area contributed by atoms with Crippen molar-refractivity contribution in [2.75, 3.05) is 23.3 Å². The second-order valence-corrected chi connectivity index (χ2v) is 7.05. The van der Waals surface area contributed by atoms with Crippen LogP contribution in [0.5, 0.6) is 0 Å². The number of carbonyl (C=O) groups is 1. The second-order valence-electron chi connectivity index (χ2n) is 7.05. The van der Waals surface area contributed by atoms with Crippen molar-refractivity contribution in [3.63, 3.8) is 0 Å². The fourth-order valence-corrected chi connectivity index (χ4v) is 3.07. The maximum atomic E-state index is 12.5. The molecule has 0 saturated carbocycles. The van der Waals surface area contributed by atoms with Gasteiger partial charge in [-0.1, -0.05) is 26.0 Å². The van der Waals surface area contributed by atoms with Crippen molar-refractivity contribution in [3.05, 3.63) is 60.7 Å². The van der Waals surface area contributed by atoms with Crippen LogP contribution >= 0.6 is 0 Å². The summed E-state index contributed by atoms with van der Waals surface area (Å²) in [6.45, 7) is 5.60. The normalized spacial score (nSPS) is 14.3. The molecule has 1 aromatic carbocycles. The molecule has 2 aromatic heterocycles. The molecule has 1 saturated heterocycles. The molecule has 1 amide bonds. The van der Waals surface area contributed by atoms with E-state index in [4.69, 9.17) is 0 Å². The van der Waals surface area contributed by atoms with Crippen LogP contribution in [0.2, 0.25) is 0 Å². The third kappa shape index (κ3) is 3.67. The molecule has 3 aromatic rings. The lowest BCUT2D eigenvalue weighted by Crippen LogP contribution is -2.52. The molecule has 0 radical (unpaired) electrons. The molecular formula is C20H22N6O. The van der Waals surface area contributed by atoms with Crippen molar-refractivity contribution >= 4 is 17.4 Å². The lowest BCUT2D eigenvalue weighted by atomic mass is 9.98. The van der Waals surface area contributed by atoms with E-state index in [2.05, 4.69) is 51.3 Å². The highest BCUT2D eigenvalue weighted by Gasteiger charge is 2.33. The topological polar surface area (TPSA) is 75.9 Å². The minimum atomic E-state index is -0.0436. The van der Waals surface area contributed by atoms with E-state index in [1.807, 2.05) is 30.5 Å². The first-order chi connectivity index (χ1) is 13.1. The van der Waals surface area contributed by atoms with Crippen molar-refractivity contribution in [2.24, 2.45) is 5.92 Å². The Morgan fingerprint density at radius 3 is 2.56 bits per heavy atom. The number of anilines is 2. The summed E-state index contributed by atoms with van der Waals surface area (Å²) in [4.78, 5) is 23.1. The Balaban J connectivity index is 1.35. The average Bonchev–Trinajstić information content (AvgIpc) is 3.16. The number of nitrogens with one attached hydrogen (secondary N) is 1. The van der Waals surface area contributed by atoms with E-state index in [-0.39, 0.29) is 11.8 Å². The largest absolute Gasteiger partial charge is 0.355 e. The van der Waals surface area contributed by atoms with Gasteiger partial charge in [-0.3, -0.25) is 4.79 Å². The third-order valence-corrected chi connectivity index (χ3v) is 4.80. The Kier molecular flexibility index (Phi) is 4.58. The zero-order valence-electron chi connectivity index (χ0n) is 15.4. The first kappa shape index (κ1) is 17.2. The molecule has 4 rings (SSSR count). The SMILES string of the molecule is CC(C)c1ccc(NC(=O)C2CN(c3cc(-n4cccn4)ncn3)C2)cc1. The van der Waals surface area contributed by atoms with Crippen LogP contribution < -0.4 is 10.2 Å². The number of rotatable bonds is 5. The summed E-state index contributed by atoms with van der Waals surface area (Å²) in [5.74, 6) is 2.00. The fraction of sp³-hybridized carbons (Fsp3) is 0.300. The van der Waals surface area contributed by atoms with Gasteiger partial charge in [0.2, 0.25) is 5.91 Å². The lowest BCUT2D eigenvalue weighted by molar-refractivity contribution is -0.120. The molecule has 0 aliphatic carbocycles. The van der Waals surface area contributed by atoms with Crippen molar-refractivity contribution in [1.29, 1.82) is 0 Å². The van der Waals surface area contributed by atoms with Crippen LogP contribution in [0.25, 0.3) is 5.82 Å². The molecule has 1 N–H and O–H groups in total. The molecule has 0 unspecified atom stereocenters. The number of benzene rings is 1. The van der Waals surface area contributed by atoms with Crippen molar-refractivity contribution in [2.45, 2.75) is 19.8 Å². The monoisotopic (exact) mass is 362 g/mol. The Morgan fingerprint density at radius 2 is 1.89 bits per heavy atom. The van der Waals surface area contributed by atoms with Gasteiger partial charge in [0.1, 0.15) is 12.1 Å². The Morgan fingerprint density at radius 1 is 1.15 bits per heavy atom. The van der Waals surface area contributed by atoms with Gasteiger partial charge >= 0.3 is 0 Å². The highest BCUT2D eigenvalue weighted by atomic mass is 16.2. The average molecular weight is 362 g/mol. The van der Waals surface area contributed by atoms with E-state index in [9.17, 15) is 4.79 Å². The van der Waals surface area contributed by atoms with E-state index in [0.717, 1.165) is 11.5 Å². The molecule has 3 heterocycles. The minimum Gasteiger partial charge on any atom is -0.355 e. The van der Waals surface area contributed by atoms with Gasteiger partial charge in [-0.2, -0.15) is 5.10 Å². The van der Waals surface area contributed by atoms with Gasteiger partial charge < -0.3 is 10.2 Å². The summed E-state index contributed by atoms with van der Waals surface area (Å²) >= 11 is 0. The first-order valence-corrected chi connectivity index (χ1v) is 9.08. The van der Waals surface area contributed by atoms with Crippen molar-refractivity contribution < 1.29 is 4.79 Å². The van der Waals surface area contributed by atoms with Gasteiger partial charge in [0.05, 0.1) is 5.92 Å². The van der Waals surface area contributed by atoms with E-state index >= 15 is 0 Å².